The van der Waals surface area contributed by atoms with Gasteiger partial charge in [-0.25, -0.2) is 4.79 Å². The van der Waals surface area contributed by atoms with Crippen LogP contribution < -0.4 is 5.32 Å². The SMILES string of the molecule is CCCCc1cc(O)c(Cn2cc(C[C@H](O)COC(=O)c3ccc(NC)cc3)c3ccccc32)c(O)c1. The maximum Gasteiger partial charge on any atom is 0.338 e. The van der Waals surface area contributed by atoms with Crippen molar-refractivity contribution >= 4 is 22.6 Å². The van der Waals surface area contributed by atoms with Gasteiger partial charge in [0.15, 0.2) is 0 Å². The molecule has 0 aliphatic carbocycles. The van der Waals surface area contributed by atoms with E-state index >= 15 is 0 Å². The van der Waals surface area contributed by atoms with Crippen molar-refractivity contribution in [2.75, 3.05) is 19.0 Å². The number of para-hydroxylation sites is 1. The summed E-state index contributed by atoms with van der Waals surface area (Å²) < 4.78 is 7.29. The number of esters is 1. The number of hydrogen-bond donors (Lipinski definition) is 4. The lowest BCUT2D eigenvalue weighted by Gasteiger charge is -2.12. The minimum atomic E-state index is -0.889. The van der Waals surface area contributed by atoms with Crippen molar-refractivity contribution < 1.29 is 24.9 Å². The number of aliphatic hydroxyl groups excluding tert-OH is 1. The quantitative estimate of drug-likeness (QED) is 0.209. The standard InChI is InChI=1S/C30H34N2O5/c1-3-4-7-20-14-28(34)26(29(35)15-20)18-32-17-22(25-8-5-6-9-27(25)32)16-24(33)19-37-30(36)21-10-12-23(31-2)13-11-21/h5-6,8-15,17,24,31,33-35H,3-4,7,16,18-19H2,1-2H3/t24-/m0/s1. The molecule has 0 saturated carbocycles. The number of fused-ring (bicyclic) bond motifs is 1. The molecule has 0 aliphatic rings. The third-order valence-corrected chi connectivity index (χ3v) is 6.55. The molecule has 0 unspecified atom stereocenters. The fourth-order valence-corrected chi connectivity index (χ4v) is 4.51. The van der Waals surface area contributed by atoms with E-state index < -0.39 is 12.1 Å². The molecule has 0 bridgehead atoms. The van der Waals surface area contributed by atoms with E-state index in [2.05, 4.69) is 12.2 Å². The van der Waals surface area contributed by atoms with Gasteiger partial charge in [-0.2, -0.15) is 0 Å². The van der Waals surface area contributed by atoms with Crippen LogP contribution in [0, 0.1) is 0 Å². The van der Waals surface area contributed by atoms with E-state index in [-0.39, 0.29) is 31.1 Å². The number of nitrogens with zero attached hydrogens (tertiary/aromatic N) is 1. The van der Waals surface area contributed by atoms with Crippen LogP contribution in [0.5, 0.6) is 11.5 Å². The van der Waals surface area contributed by atoms with Crippen molar-refractivity contribution in [2.45, 2.75) is 45.3 Å². The second-order valence-electron chi connectivity index (χ2n) is 9.30. The number of anilines is 1. The van der Waals surface area contributed by atoms with Crippen molar-refractivity contribution in [3.8, 4) is 11.5 Å². The van der Waals surface area contributed by atoms with Crippen LogP contribution in [0.25, 0.3) is 10.9 Å². The van der Waals surface area contributed by atoms with E-state index in [1.807, 2.05) is 35.0 Å². The van der Waals surface area contributed by atoms with Gasteiger partial charge < -0.3 is 29.9 Å². The molecule has 3 aromatic carbocycles. The molecule has 7 heteroatoms. The molecule has 1 aromatic heterocycles. The molecule has 4 aromatic rings. The molecule has 4 N–H and O–H groups in total. The average Bonchev–Trinajstić information content (AvgIpc) is 3.25. The molecular formula is C30H34N2O5. The highest BCUT2D eigenvalue weighted by atomic mass is 16.5. The zero-order valence-electron chi connectivity index (χ0n) is 21.3. The molecule has 1 heterocycles. The molecule has 0 fully saturated rings. The summed E-state index contributed by atoms with van der Waals surface area (Å²) in [4.78, 5) is 12.4. The molecule has 0 saturated heterocycles. The predicted molar refractivity (Wildman–Crippen MR) is 145 cm³/mol. The zero-order chi connectivity index (χ0) is 26.4. The number of phenols is 2. The summed E-state index contributed by atoms with van der Waals surface area (Å²) in [5, 5.41) is 35.9. The number of aryl methyl sites for hydroxylation is 1. The number of carbonyl (C=O) groups is 1. The maximum absolute atomic E-state index is 12.4. The Morgan fingerprint density at radius 1 is 1.05 bits per heavy atom. The maximum atomic E-state index is 12.4. The predicted octanol–water partition coefficient (Wildman–Crippen LogP) is 5.25. The number of aromatic nitrogens is 1. The highest BCUT2D eigenvalue weighted by molar-refractivity contribution is 5.89. The number of ether oxygens (including phenoxy) is 1. The minimum Gasteiger partial charge on any atom is -0.507 e. The van der Waals surface area contributed by atoms with Crippen molar-refractivity contribution in [3.05, 3.63) is 89.1 Å². The average molecular weight is 503 g/mol. The van der Waals surface area contributed by atoms with Gasteiger partial charge >= 0.3 is 5.97 Å². The summed E-state index contributed by atoms with van der Waals surface area (Å²) >= 11 is 0. The van der Waals surface area contributed by atoms with Gasteiger partial charge in [0, 0.05) is 36.3 Å². The first-order valence-corrected chi connectivity index (χ1v) is 12.6. The van der Waals surface area contributed by atoms with Crippen LogP contribution in [0.1, 0.15) is 46.8 Å². The van der Waals surface area contributed by atoms with Gasteiger partial charge in [-0.15, -0.1) is 0 Å². The number of nitrogens with one attached hydrogen (secondary N) is 1. The van der Waals surface area contributed by atoms with Crippen LogP contribution in [0.4, 0.5) is 5.69 Å². The Balaban J connectivity index is 1.47. The Labute approximate surface area is 217 Å². The second-order valence-corrected chi connectivity index (χ2v) is 9.30. The fraction of sp³-hybridized carbons (Fsp3) is 0.300. The van der Waals surface area contributed by atoms with E-state index in [1.165, 1.54) is 0 Å². The molecule has 0 spiro atoms. The number of hydrogen-bond acceptors (Lipinski definition) is 6. The topological polar surface area (TPSA) is 104 Å². The van der Waals surface area contributed by atoms with Crippen molar-refractivity contribution in [2.24, 2.45) is 0 Å². The van der Waals surface area contributed by atoms with Crippen molar-refractivity contribution in [1.82, 2.24) is 4.57 Å². The molecule has 37 heavy (non-hydrogen) atoms. The van der Waals surface area contributed by atoms with Crippen molar-refractivity contribution in [1.29, 1.82) is 0 Å². The molecule has 4 rings (SSSR count). The molecule has 7 nitrogen and oxygen atoms in total. The number of carbonyl (C=O) groups excluding carboxylic acids is 1. The van der Waals surface area contributed by atoms with Gasteiger partial charge in [-0.05, 0) is 66.4 Å². The van der Waals surface area contributed by atoms with Gasteiger partial charge in [0.05, 0.1) is 23.8 Å². The highest BCUT2D eigenvalue weighted by Gasteiger charge is 2.17. The van der Waals surface area contributed by atoms with Crippen LogP contribution in [0.3, 0.4) is 0 Å². The Morgan fingerprint density at radius 2 is 1.76 bits per heavy atom. The van der Waals surface area contributed by atoms with Gasteiger partial charge in [-0.1, -0.05) is 31.5 Å². The summed E-state index contributed by atoms with van der Waals surface area (Å²) in [7, 11) is 1.80. The van der Waals surface area contributed by atoms with E-state index in [9.17, 15) is 20.1 Å². The lowest BCUT2D eigenvalue weighted by atomic mass is 10.0. The largest absolute Gasteiger partial charge is 0.507 e. The third-order valence-electron chi connectivity index (χ3n) is 6.55. The van der Waals surface area contributed by atoms with Crippen LogP contribution in [0.2, 0.25) is 0 Å². The minimum absolute atomic E-state index is 0.0696. The fourth-order valence-electron chi connectivity index (χ4n) is 4.51. The Kier molecular flexibility index (Phi) is 8.36. The summed E-state index contributed by atoms with van der Waals surface area (Å²) in [6, 6.07) is 18.2. The highest BCUT2D eigenvalue weighted by Crippen LogP contribution is 2.32. The lowest BCUT2D eigenvalue weighted by Crippen LogP contribution is -2.21. The number of aliphatic hydroxyl groups is 1. The Bertz CT molecular complexity index is 1340. The summed E-state index contributed by atoms with van der Waals surface area (Å²) in [5.74, 6) is -0.349. The summed E-state index contributed by atoms with van der Waals surface area (Å²) in [6.07, 6.45) is 4.14. The van der Waals surface area contributed by atoms with Gasteiger partial charge in [-0.3, -0.25) is 0 Å². The number of phenolic OH excluding ortho intramolecular Hbond substituents is 2. The van der Waals surface area contributed by atoms with E-state index in [0.717, 1.165) is 47.0 Å². The Morgan fingerprint density at radius 3 is 2.43 bits per heavy atom. The summed E-state index contributed by atoms with van der Waals surface area (Å²) in [6.45, 7) is 2.25. The van der Waals surface area contributed by atoms with E-state index in [4.69, 9.17) is 4.74 Å². The summed E-state index contributed by atoms with van der Waals surface area (Å²) in [5.41, 5.74) is 4.47. The first-order valence-electron chi connectivity index (χ1n) is 12.6. The van der Waals surface area contributed by atoms with Crippen LogP contribution in [-0.2, 0) is 24.1 Å². The first-order chi connectivity index (χ1) is 17.9. The zero-order valence-corrected chi connectivity index (χ0v) is 21.3. The molecule has 0 radical (unpaired) electrons. The number of aromatic hydroxyl groups is 2. The molecule has 0 amide bonds. The molecule has 1 atom stereocenters. The number of rotatable bonds is 11. The van der Waals surface area contributed by atoms with Crippen molar-refractivity contribution in [3.63, 3.8) is 0 Å². The van der Waals surface area contributed by atoms with Crippen LogP contribution in [-0.4, -0.2) is 45.6 Å². The second kappa shape index (κ2) is 11.8. The number of benzene rings is 3. The lowest BCUT2D eigenvalue weighted by molar-refractivity contribution is 0.0259. The van der Waals surface area contributed by atoms with Gasteiger partial charge in [0.25, 0.3) is 0 Å². The van der Waals surface area contributed by atoms with Gasteiger partial charge in [0.2, 0.25) is 0 Å². The normalized spacial score (nSPS) is 12.0. The van der Waals surface area contributed by atoms with E-state index in [1.54, 1.807) is 43.4 Å². The molecule has 194 valence electrons. The number of unbranched alkanes of at least 4 members (excludes halogenated alkanes) is 1. The third kappa shape index (κ3) is 6.24. The van der Waals surface area contributed by atoms with Crippen LogP contribution >= 0.6 is 0 Å². The Hall–Kier alpha value is -3.97. The van der Waals surface area contributed by atoms with Crippen LogP contribution in [0.15, 0.2) is 66.9 Å². The molecule has 0 aliphatic heterocycles. The monoisotopic (exact) mass is 502 g/mol. The smallest absolute Gasteiger partial charge is 0.338 e. The first kappa shape index (κ1) is 26.1. The molecular weight excluding hydrogens is 468 g/mol. The van der Waals surface area contributed by atoms with E-state index in [0.29, 0.717) is 11.1 Å². The van der Waals surface area contributed by atoms with Gasteiger partial charge in [0.1, 0.15) is 18.1 Å².